The summed E-state index contributed by atoms with van der Waals surface area (Å²) in [7, 11) is 0. The fraction of sp³-hybridized carbons (Fsp3) is 0.526. The molecule has 2 aromatic rings. The van der Waals surface area contributed by atoms with Crippen LogP contribution in [-0.2, 0) is 12.8 Å². The molecule has 2 heterocycles. The number of rotatable bonds is 1. The van der Waals surface area contributed by atoms with Crippen LogP contribution in [0.25, 0.3) is 11.0 Å². The predicted octanol–water partition coefficient (Wildman–Crippen LogP) is 4.09. The van der Waals surface area contributed by atoms with Gasteiger partial charge in [0.2, 0.25) is 5.75 Å². The summed E-state index contributed by atoms with van der Waals surface area (Å²) in [5, 5.41) is 11.5. The maximum absolute atomic E-state index is 11.8. The smallest absolute Gasteiger partial charge is 0.336 e. The van der Waals surface area contributed by atoms with Gasteiger partial charge in [-0.1, -0.05) is 13.3 Å². The molecule has 4 rings (SSSR count). The molecule has 1 aliphatic carbocycles. The van der Waals surface area contributed by atoms with Gasteiger partial charge in [-0.05, 0) is 62.1 Å². The van der Waals surface area contributed by atoms with Gasteiger partial charge in [0.1, 0.15) is 5.60 Å². The minimum atomic E-state index is -0.423. The van der Waals surface area contributed by atoms with E-state index in [2.05, 4.69) is 0 Å². The van der Waals surface area contributed by atoms with Crippen LogP contribution in [0.5, 0.6) is 11.5 Å². The lowest BCUT2D eigenvalue weighted by molar-refractivity contribution is 0.00853. The molecule has 1 fully saturated rings. The Morgan fingerprint density at radius 3 is 2.70 bits per heavy atom. The van der Waals surface area contributed by atoms with Crippen molar-refractivity contribution in [1.82, 2.24) is 0 Å². The third kappa shape index (κ3) is 2.32. The third-order valence-corrected chi connectivity index (χ3v) is 5.44. The quantitative estimate of drug-likeness (QED) is 0.805. The zero-order valence-corrected chi connectivity index (χ0v) is 13.5. The first-order valence-electron chi connectivity index (χ1n) is 8.62. The molecular weight excluding hydrogens is 292 g/mol. The van der Waals surface area contributed by atoms with Crippen molar-refractivity contribution in [3.05, 3.63) is 33.7 Å². The van der Waals surface area contributed by atoms with Crippen LogP contribution in [0.2, 0.25) is 0 Å². The number of ether oxygens (including phenoxy) is 1. The van der Waals surface area contributed by atoms with Crippen molar-refractivity contribution >= 4 is 11.0 Å². The number of hydrogen-bond acceptors (Lipinski definition) is 4. The van der Waals surface area contributed by atoms with Gasteiger partial charge < -0.3 is 14.3 Å². The lowest BCUT2D eigenvalue weighted by atomic mass is 9.78. The standard InChI is InChI=1S/C19H22O4/c1-2-12-11-15(20)22-18-14(12)10-13-6-9-19(7-4-3-5-8-19)23-17(13)16(18)21/h10-11,21H,2-9H2,1H3. The second-order valence-electron chi connectivity index (χ2n) is 6.88. The highest BCUT2D eigenvalue weighted by molar-refractivity contribution is 5.89. The number of hydrogen-bond donors (Lipinski definition) is 1. The molecule has 0 atom stereocenters. The van der Waals surface area contributed by atoms with E-state index in [0.717, 1.165) is 48.6 Å². The molecule has 0 amide bonds. The first kappa shape index (κ1) is 14.6. The van der Waals surface area contributed by atoms with Crippen molar-refractivity contribution < 1.29 is 14.3 Å². The van der Waals surface area contributed by atoms with E-state index < -0.39 is 5.63 Å². The summed E-state index contributed by atoms with van der Waals surface area (Å²) < 4.78 is 11.6. The maximum atomic E-state index is 11.8. The molecule has 1 aromatic heterocycles. The molecule has 23 heavy (non-hydrogen) atoms. The molecule has 1 aliphatic heterocycles. The van der Waals surface area contributed by atoms with Crippen molar-refractivity contribution in [2.45, 2.75) is 63.9 Å². The Hall–Kier alpha value is -1.97. The van der Waals surface area contributed by atoms with Gasteiger partial charge in [0, 0.05) is 11.5 Å². The summed E-state index contributed by atoms with van der Waals surface area (Å²) in [5.74, 6) is 0.525. The monoisotopic (exact) mass is 314 g/mol. The van der Waals surface area contributed by atoms with Crippen LogP contribution in [0, 0.1) is 0 Å². The average Bonchev–Trinajstić information content (AvgIpc) is 2.57. The van der Waals surface area contributed by atoms with E-state index in [9.17, 15) is 9.90 Å². The number of phenols is 1. The highest BCUT2D eigenvalue weighted by Crippen LogP contribution is 2.48. The van der Waals surface area contributed by atoms with E-state index in [1.165, 1.54) is 25.3 Å². The zero-order valence-electron chi connectivity index (χ0n) is 13.5. The molecule has 1 aromatic carbocycles. The Labute approximate surface area is 135 Å². The molecule has 1 N–H and O–H groups in total. The molecule has 2 aliphatic rings. The number of benzene rings is 1. The van der Waals surface area contributed by atoms with Crippen LogP contribution in [0.15, 0.2) is 21.3 Å². The molecule has 4 nitrogen and oxygen atoms in total. The zero-order chi connectivity index (χ0) is 16.0. The van der Waals surface area contributed by atoms with Crippen molar-refractivity contribution in [2.75, 3.05) is 0 Å². The summed E-state index contributed by atoms with van der Waals surface area (Å²) in [5.41, 5.74) is 1.63. The van der Waals surface area contributed by atoms with Gasteiger partial charge in [0.25, 0.3) is 0 Å². The Balaban J connectivity index is 1.88. The summed E-state index contributed by atoms with van der Waals surface area (Å²) in [4.78, 5) is 11.8. The lowest BCUT2D eigenvalue weighted by Gasteiger charge is -2.41. The third-order valence-electron chi connectivity index (χ3n) is 5.44. The number of aryl methyl sites for hydroxylation is 2. The fourth-order valence-corrected chi connectivity index (χ4v) is 4.15. The van der Waals surface area contributed by atoms with Gasteiger partial charge in [0.05, 0.1) is 0 Å². The van der Waals surface area contributed by atoms with E-state index in [0.29, 0.717) is 5.75 Å². The second-order valence-corrected chi connectivity index (χ2v) is 6.88. The molecule has 0 saturated heterocycles. The molecule has 4 heteroatoms. The number of fused-ring (bicyclic) bond motifs is 2. The van der Waals surface area contributed by atoms with Crippen molar-refractivity contribution in [3.63, 3.8) is 0 Å². The first-order chi connectivity index (χ1) is 11.1. The molecule has 1 saturated carbocycles. The number of phenolic OH excluding ortho intramolecular Hbond substituents is 1. The Morgan fingerprint density at radius 2 is 1.96 bits per heavy atom. The molecule has 0 radical (unpaired) electrons. The van der Waals surface area contributed by atoms with E-state index in [1.54, 1.807) is 0 Å². The summed E-state index contributed by atoms with van der Waals surface area (Å²) in [6.45, 7) is 2.00. The van der Waals surface area contributed by atoms with Crippen molar-refractivity contribution in [1.29, 1.82) is 0 Å². The molecule has 0 bridgehead atoms. The molecule has 0 unspecified atom stereocenters. The van der Waals surface area contributed by atoms with Gasteiger partial charge in [-0.25, -0.2) is 4.79 Å². The van der Waals surface area contributed by atoms with Crippen molar-refractivity contribution in [3.8, 4) is 11.5 Å². The van der Waals surface area contributed by atoms with E-state index >= 15 is 0 Å². The number of aromatic hydroxyl groups is 1. The molecular formula is C19H22O4. The fourth-order valence-electron chi connectivity index (χ4n) is 4.15. The lowest BCUT2D eigenvalue weighted by Crippen LogP contribution is -2.41. The van der Waals surface area contributed by atoms with E-state index in [4.69, 9.17) is 9.15 Å². The van der Waals surface area contributed by atoms with Gasteiger partial charge >= 0.3 is 5.63 Å². The van der Waals surface area contributed by atoms with Crippen LogP contribution < -0.4 is 10.4 Å². The highest BCUT2D eigenvalue weighted by Gasteiger charge is 2.39. The Kier molecular flexibility index (Phi) is 3.36. The van der Waals surface area contributed by atoms with E-state index in [-0.39, 0.29) is 16.9 Å². The molecule has 1 spiro atoms. The first-order valence-corrected chi connectivity index (χ1v) is 8.62. The van der Waals surface area contributed by atoms with Crippen LogP contribution in [0.3, 0.4) is 0 Å². The van der Waals surface area contributed by atoms with Gasteiger partial charge in [-0.3, -0.25) is 0 Å². The van der Waals surface area contributed by atoms with Crippen molar-refractivity contribution in [2.24, 2.45) is 0 Å². The summed E-state index contributed by atoms with van der Waals surface area (Å²) >= 11 is 0. The minimum Gasteiger partial charge on any atom is -0.502 e. The van der Waals surface area contributed by atoms with Gasteiger partial charge in [-0.2, -0.15) is 0 Å². The van der Waals surface area contributed by atoms with Crippen LogP contribution in [0.1, 0.15) is 56.6 Å². The van der Waals surface area contributed by atoms with Crippen LogP contribution >= 0.6 is 0 Å². The summed E-state index contributed by atoms with van der Waals surface area (Å²) in [6, 6.07) is 3.54. The van der Waals surface area contributed by atoms with Crippen LogP contribution in [-0.4, -0.2) is 10.7 Å². The van der Waals surface area contributed by atoms with Gasteiger partial charge in [0.15, 0.2) is 11.3 Å². The summed E-state index contributed by atoms with van der Waals surface area (Å²) in [6.07, 6.45) is 8.34. The van der Waals surface area contributed by atoms with Crippen LogP contribution in [0.4, 0.5) is 0 Å². The largest absolute Gasteiger partial charge is 0.502 e. The minimum absolute atomic E-state index is 0.00505. The SMILES string of the molecule is CCc1cc(=O)oc2c(O)c3c(cc12)CCC1(CCCCC1)O3. The molecule has 122 valence electrons. The average molecular weight is 314 g/mol. The predicted molar refractivity (Wildman–Crippen MR) is 88.3 cm³/mol. The topological polar surface area (TPSA) is 59.7 Å². The second kappa shape index (κ2) is 5.29. The normalized spacial score (nSPS) is 19.5. The van der Waals surface area contributed by atoms with E-state index in [1.807, 2.05) is 13.0 Å². The highest BCUT2D eigenvalue weighted by atomic mass is 16.5. The Bertz CT molecular complexity index is 812. The Morgan fingerprint density at radius 1 is 1.17 bits per heavy atom. The van der Waals surface area contributed by atoms with Gasteiger partial charge in [-0.15, -0.1) is 0 Å². The maximum Gasteiger partial charge on any atom is 0.336 e.